The number of imide groups is 1. The van der Waals surface area contributed by atoms with E-state index in [1.54, 1.807) is 19.1 Å². The zero-order chi connectivity index (χ0) is 22.8. The first kappa shape index (κ1) is 21.1. The summed E-state index contributed by atoms with van der Waals surface area (Å²) >= 11 is 0. The third kappa shape index (κ3) is 3.92. The van der Waals surface area contributed by atoms with Crippen LogP contribution in [-0.2, 0) is 19.1 Å². The van der Waals surface area contributed by atoms with Crippen LogP contribution < -0.4 is 10.2 Å². The lowest BCUT2D eigenvalue weighted by atomic mass is 10.1. The molecule has 164 valence electrons. The van der Waals surface area contributed by atoms with Crippen LogP contribution in [0.5, 0.6) is 0 Å². The van der Waals surface area contributed by atoms with Crippen molar-refractivity contribution in [2.45, 2.75) is 19.0 Å². The minimum atomic E-state index is -1.07. The van der Waals surface area contributed by atoms with Gasteiger partial charge in [-0.05, 0) is 55.5 Å². The summed E-state index contributed by atoms with van der Waals surface area (Å²) in [6.07, 6.45) is 0. The first-order valence-electron chi connectivity index (χ1n) is 9.77. The highest BCUT2D eigenvalue weighted by Crippen LogP contribution is 2.31. The van der Waals surface area contributed by atoms with Crippen molar-refractivity contribution in [3.05, 3.63) is 59.9 Å². The smallest absolute Gasteiger partial charge is 0.338 e. The Morgan fingerprint density at radius 2 is 1.75 bits per heavy atom. The molecule has 1 fully saturated rings. The van der Waals surface area contributed by atoms with E-state index >= 15 is 0 Å². The summed E-state index contributed by atoms with van der Waals surface area (Å²) in [4.78, 5) is 50.6. The van der Waals surface area contributed by atoms with Gasteiger partial charge in [-0.3, -0.25) is 19.4 Å². The maximum Gasteiger partial charge on any atom is 0.338 e. The third-order valence-electron chi connectivity index (χ3n) is 4.93. The van der Waals surface area contributed by atoms with Gasteiger partial charge in [0.25, 0.3) is 11.8 Å². The fourth-order valence-corrected chi connectivity index (χ4v) is 3.45. The Morgan fingerprint density at radius 1 is 1.06 bits per heavy atom. The molecule has 32 heavy (non-hydrogen) atoms. The molecule has 1 saturated heterocycles. The quantitative estimate of drug-likeness (QED) is 0.542. The monoisotopic (exact) mass is 439 g/mol. The van der Waals surface area contributed by atoms with Gasteiger partial charge in [0.2, 0.25) is 5.91 Å². The second-order valence-electron chi connectivity index (χ2n) is 7.03. The standard InChI is InChI=1S/C21H18FN5O5/c1-2-32-21(31)12-3-7-14(8-4-12)23-16(28)11-26-18-17(24-25-26)19(29)27(20(18)30)15-9-5-13(22)6-10-15/h3-10,17-18H,2,11H2,1H3,(H,23,28). The van der Waals surface area contributed by atoms with Gasteiger partial charge in [0, 0.05) is 5.69 Å². The molecule has 2 atom stereocenters. The Bertz CT molecular complexity index is 1100. The zero-order valence-electron chi connectivity index (χ0n) is 16.9. The van der Waals surface area contributed by atoms with Crippen LogP contribution in [-0.4, -0.2) is 53.9 Å². The van der Waals surface area contributed by atoms with E-state index in [1.165, 1.54) is 24.3 Å². The number of esters is 1. The molecule has 2 aromatic rings. The number of anilines is 2. The number of fused-ring (bicyclic) bond motifs is 1. The van der Waals surface area contributed by atoms with Crippen molar-refractivity contribution in [1.29, 1.82) is 0 Å². The lowest BCUT2D eigenvalue weighted by molar-refractivity contribution is -0.123. The fourth-order valence-electron chi connectivity index (χ4n) is 3.45. The van der Waals surface area contributed by atoms with E-state index < -0.39 is 41.6 Å². The van der Waals surface area contributed by atoms with Gasteiger partial charge in [0.1, 0.15) is 12.4 Å². The second-order valence-corrected chi connectivity index (χ2v) is 7.03. The molecule has 0 spiro atoms. The van der Waals surface area contributed by atoms with Crippen LogP contribution in [0.2, 0.25) is 0 Å². The van der Waals surface area contributed by atoms with Gasteiger partial charge in [0.05, 0.1) is 17.9 Å². The molecule has 2 aliphatic rings. The van der Waals surface area contributed by atoms with Crippen LogP contribution in [0.4, 0.5) is 15.8 Å². The number of ether oxygens (including phenoxy) is 1. The molecule has 3 amide bonds. The second kappa shape index (κ2) is 8.53. The molecule has 0 aliphatic carbocycles. The van der Waals surface area contributed by atoms with E-state index in [0.29, 0.717) is 11.3 Å². The number of rotatable bonds is 6. The molecular formula is C21H18FN5O5. The van der Waals surface area contributed by atoms with Gasteiger partial charge >= 0.3 is 5.97 Å². The Hall–Kier alpha value is -4.15. The molecule has 0 radical (unpaired) electrons. The predicted octanol–water partition coefficient (Wildman–Crippen LogP) is 1.93. The number of nitrogens with zero attached hydrogens (tertiary/aromatic N) is 4. The minimum Gasteiger partial charge on any atom is -0.462 e. The van der Waals surface area contributed by atoms with Crippen LogP contribution in [0.25, 0.3) is 0 Å². The lowest BCUT2D eigenvalue weighted by Gasteiger charge is -2.20. The van der Waals surface area contributed by atoms with Crippen LogP contribution in [0, 0.1) is 5.82 Å². The first-order chi connectivity index (χ1) is 15.4. The number of hydrogen-bond acceptors (Lipinski definition) is 8. The molecule has 2 unspecified atom stereocenters. The SMILES string of the molecule is CCOC(=O)c1ccc(NC(=O)CN2N=NC3C(=O)N(c4ccc(F)cc4)C(=O)C32)cc1. The predicted molar refractivity (Wildman–Crippen MR) is 109 cm³/mol. The number of hydrogen-bond donors (Lipinski definition) is 1. The fraction of sp³-hybridized carbons (Fsp3) is 0.238. The summed E-state index contributed by atoms with van der Waals surface area (Å²) < 4.78 is 18.1. The Balaban J connectivity index is 1.41. The molecule has 2 heterocycles. The van der Waals surface area contributed by atoms with Crippen molar-refractivity contribution in [3.63, 3.8) is 0 Å². The summed E-state index contributed by atoms with van der Waals surface area (Å²) in [5.74, 6) is -2.64. The number of benzene rings is 2. The van der Waals surface area contributed by atoms with E-state index in [4.69, 9.17) is 4.74 Å². The number of nitrogens with one attached hydrogen (secondary N) is 1. The van der Waals surface area contributed by atoms with Crippen molar-refractivity contribution in [2.24, 2.45) is 10.3 Å². The van der Waals surface area contributed by atoms with Crippen molar-refractivity contribution in [2.75, 3.05) is 23.4 Å². The lowest BCUT2D eigenvalue weighted by Crippen LogP contribution is -2.43. The highest BCUT2D eigenvalue weighted by Gasteiger charge is 2.55. The van der Waals surface area contributed by atoms with E-state index in [0.717, 1.165) is 22.0 Å². The molecule has 0 aromatic heterocycles. The minimum absolute atomic E-state index is 0.220. The van der Waals surface area contributed by atoms with E-state index in [1.807, 2.05) is 0 Å². The highest BCUT2D eigenvalue weighted by atomic mass is 19.1. The Kier molecular flexibility index (Phi) is 5.63. The number of carbonyl (C=O) groups is 4. The van der Waals surface area contributed by atoms with Gasteiger partial charge < -0.3 is 10.1 Å². The van der Waals surface area contributed by atoms with Crippen LogP contribution in [0.1, 0.15) is 17.3 Å². The number of carbonyl (C=O) groups excluding carboxylic acids is 4. The molecular weight excluding hydrogens is 421 g/mol. The molecule has 11 heteroatoms. The van der Waals surface area contributed by atoms with Gasteiger partial charge in [-0.15, -0.1) is 0 Å². The zero-order valence-corrected chi connectivity index (χ0v) is 16.9. The van der Waals surface area contributed by atoms with E-state index in [-0.39, 0.29) is 18.8 Å². The van der Waals surface area contributed by atoms with Crippen molar-refractivity contribution in [3.8, 4) is 0 Å². The normalized spacial score (nSPS) is 19.3. The van der Waals surface area contributed by atoms with Crippen molar-refractivity contribution < 1.29 is 28.3 Å². The molecule has 4 rings (SSSR count). The topological polar surface area (TPSA) is 121 Å². The van der Waals surface area contributed by atoms with Crippen LogP contribution in [0.3, 0.4) is 0 Å². The molecule has 2 aliphatic heterocycles. The van der Waals surface area contributed by atoms with Crippen molar-refractivity contribution in [1.82, 2.24) is 5.01 Å². The maximum absolute atomic E-state index is 13.2. The average molecular weight is 439 g/mol. The van der Waals surface area contributed by atoms with Crippen molar-refractivity contribution >= 4 is 35.1 Å². The summed E-state index contributed by atoms with van der Waals surface area (Å²) in [6.45, 7) is 1.64. The molecule has 2 aromatic carbocycles. The largest absolute Gasteiger partial charge is 0.462 e. The summed E-state index contributed by atoms with van der Waals surface area (Å²) in [5.41, 5.74) is 0.992. The van der Waals surface area contributed by atoms with Gasteiger partial charge in [-0.25, -0.2) is 14.1 Å². The Morgan fingerprint density at radius 3 is 2.41 bits per heavy atom. The van der Waals surface area contributed by atoms with Gasteiger partial charge in [-0.1, -0.05) is 5.22 Å². The molecule has 1 N–H and O–H groups in total. The Labute approximate surface area is 181 Å². The van der Waals surface area contributed by atoms with Gasteiger partial charge in [0.15, 0.2) is 12.1 Å². The molecule has 0 saturated carbocycles. The number of amides is 3. The average Bonchev–Trinajstić information content (AvgIpc) is 3.29. The van der Waals surface area contributed by atoms with Gasteiger partial charge in [-0.2, -0.15) is 5.11 Å². The first-order valence-corrected chi connectivity index (χ1v) is 9.77. The highest BCUT2D eigenvalue weighted by molar-refractivity contribution is 6.25. The van der Waals surface area contributed by atoms with E-state index in [2.05, 4.69) is 15.7 Å². The number of halogens is 1. The third-order valence-corrected chi connectivity index (χ3v) is 4.93. The van der Waals surface area contributed by atoms with Crippen LogP contribution >= 0.6 is 0 Å². The van der Waals surface area contributed by atoms with E-state index in [9.17, 15) is 23.6 Å². The summed E-state index contributed by atoms with van der Waals surface area (Å²) in [7, 11) is 0. The molecule has 0 bridgehead atoms. The maximum atomic E-state index is 13.2. The summed E-state index contributed by atoms with van der Waals surface area (Å²) in [6, 6.07) is 8.92. The summed E-state index contributed by atoms with van der Waals surface area (Å²) in [5, 5.41) is 11.4. The molecule has 10 nitrogen and oxygen atoms in total. The van der Waals surface area contributed by atoms with Crippen LogP contribution in [0.15, 0.2) is 58.9 Å².